The number of benzene rings is 1. The average Bonchev–Trinajstić information content (AvgIpc) is 3.00. The number of hydrogen-bond acceptors (Lipinski definition) is 4. The quantitative estimate of drug-likeness (QED) is 0.895. The van der Waals surface area contributed by atoms with Crippen LogP contribution in [-0.4, -0.2) is 16.7 Å². The molecule has 1 N–H and O–H groups in total. The van der Waals surface area contributed by atoms with Crippen molar-refractivity contribution in [2.45, 2.75) is 31.7 Å². The zero-order chi connectivity index (χ0) is 12.8. The fraction of sp³-hybridized carbons (Fsp3) is 0.467. The highest BCUT2D eigenvalue weighted by atomic mass is 16.5. The third kappa shape index (κ3) is 1.87. The van der Waals surface area contributed by atoms with Gasteiger partial charge in [0.05, 0.1) is 5.92 Å². The number of nitrogens with zero attached hydrogens (tertiary/aromatic N) is 2. The predicted octanol–water partition coefficient (Wildman–Crippen LogP) is 2.43. The summed E-state index contributed by atoms with van der Waals surface area (Å²) in [6.07, 6.45) is 1.19. The molecule has 1 saturated carbocycles. The largest absolute Gasteiger partial charge is 0.339 e. The van der Waals surface area contributed by atoms with Crippen molar-refractivity contribution < 1.29 is 4.52 Å². The lowest BCUT2D eigenvalue weighted by Crippen LogP contribution is -2.28. The fourth-order valence-electron chi connectivity index (χ4n) is 2.94. The van der Waals surface area contributed by atoms with Crippen LogP contribution in [0.5, 0.6) is 0 Å². The molecule has 1 aromatic heterocycles. The van der Waals surface area contributed by atoms with E-state index in [4.69, 9.17) is 4.52 Å². The third-order valence-corrected chi connectivity index (χ3v) is 4.29. The predicted molar refractivity (Wildman–Crippen MR) is 70.8 cm³/mol. The molecule has 19 heavy (non-hydrogen) atoms. The molecule has 1 fully saturated rings. The van der Waals surface area contributed by atoms with Gasteiger partial charge in [0.25, 0.3) is 0 Å². The standard InChI is InChI=1S/C15H17N3O/c1-9-6-12(9)14-17-15(19-18-14)13-8-16-7-10-4-2-3-5-11(10)13/h2-5,9,12-13,16H,6-8H2,1H3. The summed E-state index contributed by atoms with van der Waals surface area (Å²) in [7, 11) is 0. The van der Waals surface area contributed by atoms with Crippen LogP contribution in [0.4, 0.5) is 0 Å². The van der Waals surface area contributed by atoms with Crippen molar-refractivity contribution in [1.29, 1.82) is 0 Å². The zero-order valence-electron chi connectivity index (χ0n) is 11.0. The fourth-order valence-corrected chi connectivity index (χ4v) is 2.94. The molecule has 0 radical (unpaired) electrons. The Morgan fingerprint density at radius 1 is 1.32 bits per heavy atom. The van der Waals surface area contributed by atoms with Gasteiger partial charge in [-0.15, -0.1) is 0 Å². The van der Waals surface area contributed by atoms with Gasteiger partial charge in [-0.3, -0.25) is 0 Å². The maximum Gasteiger partial charge on any atom is 0.235 e. The van der Waals surface area contributed by atoms with E-state index in [0.717, 1.165) is 24.8 Å². The maximum atomic E-state index is 5.51. The molecule has 0 saturated heterocycles. The topological polar surface area (TPSA) is 51.0 Å². The van der Waals surface area contributed by atoms with Crippen LogP contribution in [0.15, 0.2) is 28.8 Å². The lowest BCUT2D eigenvalue weighted by Gasteiger charge is -2.23. The SMILES string of the molecule is CC1CC1c1noc(C2CNCc3ccccc32)n1. The van der Waals surface area contributed by atoms with E-state index in [1.807, 2.05) is 0 Å². The van der Waals surface area contributed by atoms with Gasteiger partial charge in [0.1, 0.15) is 0 Å². The van der Waals surface area contributed by atoms with Crippen molar-refractivity contribution >= 4 is 0 Å². The highest BCUT2D eigenvalue weighted by Crippen LogP contribution is 2.45. The van der Waals surface area contributed by atoms with Gasteiger partial charge < -0.3 is 9.84 Å². The normalized spacial score (nSPS) is 29.0. The Morgan fingerprint density at radius 2 is 2.16 bits per heavy atom. The van der Waals surface area contributed by atoms with Crippen molar-refractivity contribution in [3.63, 3.8) is 0 Å². The second-order valence-corrected chi connectivity index (χ2v) is 5.69. The van der Waals surface area contributed by atoms with Crippen molar-refractivity contribution in [2.75, 3.05) is 6.54 Å². The molecule has 4 nitrogen and oxygen atoms in total. The summed E-state index contributed by atoms with van der Waals surface area (Å²) >= 11 is 0. The molecule has 1 aliphatic carbocycles. The van der Waals surface area contributed by atoms with Crippen LogP contribution in [0, 0.1) is 5.92 Å². The number of rotatable bonds is 2. The Labute approximate surface area is 112 Å². The van der Waals surface area contributed by atoms with E-state index in [1.165, 1.54) is 17.5 Å². The molecule has 0 amide bonds. The molecule has 2 aromatic rings. The summed E-state index contributed by atoms with van der Waals surface area (Å²) in [6, 6.07) is 8.49. The van der Waals surface area contributed by atoms with E-state index >= 15 is 0 Å². The van der Waals surface area contributed by atoms with Crippen LogP contribution < -0.4 is 5.32 Å². The van der Waals surface area contributed by atoms with Gasteiger partial charge in [-0.2, -0.15) is 4.98 Å². The first-order valence-electron chi connectivity index (χ1n) is 6.95. The zero-order valence-corrected chi connectivity index (χ0v) is 11.0. The Bertz CT molecular complexity index is 607. The van der Waals surface area contributed by atoms with E-state index in [0.29, 0.717) is 11.8 Å². The summed E-state index contributed by atoms with van der Waals surface area (Å²) in [5.41, 5.74) is 2.65. The van der Waals surface area contributed by atoms with Crippen molar-refractivity contribution in [1.82, 2.24) is 15.5 Å². The molecular weight excluding hydrogens is 238 g/mol. The molecule has 3 atom stereocenters. The van der Waals surface area contributed by atoms with Gasteiger partial charge in [0.2, 0.25) is 5.89 Å². The smallest absolute Gasteiger partial charge is 0.235 e. The summed E-state index contributed by atoms with van der Waals surface area (Å²) < 4.78 is 5.51. The molecule has 4 heteroatoms. The summed E-state index contributed by atoms with van der Waals surface area (Å²) in [4.78, 5) is 4.63. The Balaban J connectivity index is 1.68. The van der Waals surface area contributed by atoms with Crippen LogP contribution in [0.1, 0.15) is 48.0 Å². The molecule has 2 heterocycles. The van der Waals surface area contributed by atoms with Crippen molar-refractivity contribution in [2.24, 2.45) is 5.92 Å². The van der Waals surface area contributed by atoms with E-state index in [-0.39, 0.29) is 5.92 Å². The highest BCUT2D eigenvalue weighted by molar-refractivity contribution is 5.36. The minimum atomic E-state index is 0.195. The highest BCUT2D eigenvalue weighted by Gasteiger charge is 2.39. The van der Waals surface area contributed by atoms with Gasteiger partial charge in [-0.05, 0) is 23.5 Å². The number of fused-ring (bicyclic) bond motifs is 1. The summed E-state index contributed by atoms with van der Waals surface area (Å²) in [5.74, 6) is 3.08. The summed E-state index contributed by atoms with van der Waals surface area (Å²) in [6.45, 7) is 4.03. The molecule has 3 unspecified atom stereocenters. The van der Waals surface area contributed by atoms with Crippen molar-refractivity contribution in [3.8, 4) is 0 Å². The van der Waals surface area contributed by atoms with Crippen LogP contribution in [0.2, 0.25) is 0 Å². The first-order chi connectivity index (χ1) is 9.33. The third-order valence-electron chi connectivity index (χ3n) is 4.29. The Morgan fingerprint density at radius 3 is 3.00 bits per heavy atom. The van der Waals surface area contributed by atoms with Crippen LogP contribution in [0.3, 0.4) is 0 Å². The number of aromatic nitrogens is 2. The second kappa shape index (κ2) is 4.17. The van der Waals surface area contributed by atoms with E-state index in [2.05, 4.69) is 46.6 Å². The van der Waals surface area contributed by atoms with Gasteiger partial charge in [0, 0.05) is 19.0 Å². The maximum absolute atomic E-state index is 5.51. The monoisotopic (exact) mass is 255 g/mol. The van der Waals surface area contributed by atoms with Crippen LogP contribution in [0.25, 0.3) is 0 Å². The average molecular weight is 255 g/mol. The molecule has 1 aliphatic heterocycles. The lowest BCUT2D eigenvalue weighted by atomic mass is 9.91. The first-order valence-corrected chi connectivity index (χ1v) is 6.95. The molecule has 2 aliphatic rings. The van der Waals surface area contributed by atoms with E-state index in [1.54, 1.807) is 0 Å². The second-order valence-electron chi connectivity index (χ2n) is 5.69. The molecule has 98 valence electrons. The minimum absolute atomic E-state index is 0.195. The van der Waals surface area contributed by atoms with Gasteiger partial charge in [0.15, 0.2) is 5.82 Å². The van der Waals surface area contributed by atoms with Crippen molar-refractivity contribution in [3.05, 3.63) is 47.1 Å². The molecule has 0 bridgehead atoms. The Hall–Kier alpha value is -1.68. The number of hydrogen-bond donors (Lipinski definition) is 1. The van der Waals surface area contributed by atoms with Gasteiger partial charge in [-0.25, -0.2) is 0 Å². The first kappa shape index (κ1) is 11.2. The van der Waals surface area contributed by atoms with E-state index in [9.17, 15) is 0 Å². The Kier molecular flexibility index (Phi) is 2.45. The van der Waals surface area contributed by atoms with Gasteiger partial charge in [-0.1, -0.05) is 36.3 Å². The molecular formula is C15H17N3O. The van der Waals surface area contributed by atoms with Crippen LogP contribution >= 0.6 is 0 Å². The number of nitrogens with one attached hydrogen (secondary N) is 1. The lowest BCUT2D eigenvalue weighted by molar-refractivity contribution is 0.352. The molecule has 4 rings (SSSR count). The molecule has 1 aromatic carbocycles. The van der Waals surface area contributed by atoms with E-state index < -0.39 is 0 Å². The molecule has 0 spiro atoms. The summed E-state index contributed by atoms with van der Waals surface area (Å²) in [5, 5.41) is 7.59. The van der Waals surface area contributed by atoms with Crippen LogP contribution in [-0.2, 0) is 6.54 Å². The van der Waals surface area contributed by atoms with Gasteiger partial charge >= 0.3 is 0 Å². The minimum Gasteiger partial charge on any atom is -0.339 e.